The van der Waals surface area contributed by atoms with E-state index >= 15 is 0 Å². The number of ether oxygens (including phenoxy) is 1. The Hall–Kier alpha value is -4.42. The molecule has 0 fully saturated rings. The molecule has 16 nitrogen and oxygen atoms in total. The number of rotatable bonds is 25. The molecule has 2 aromatic carbocycles. The summed E-state index contributed by atoms with van der Waals surface area (Å²) >= 11 is 6.03. The highest BCUT2D eigenvalue weighted by molar-refractivity contribution is 6.31. The zero-order valence-electron chi connectivity index (χ0n) is 36.1. The van der Waals surface area contributed by atoms with E-state index in [1.165, 1.54) is 0 Å². The number of ketones is 1. The summed E-state index contributed by atoms with van der Waals surface area (Å²) in [4.78, 5) is 51.8. The summed E-state index contributed by atoms with van der Waals surface area (Å²) in [6.45, 7) is 10.2. The first kappa shape index (κ1) is 50.9. The van der Waals surface area contributed by atoms with Gasteiger partial charge in [0, 0.05) is 38.2 Å². The molecule has 3 aromatic rings. The van der Waals surface area contributed by atoms with Gasteiger partial charge in [-0.25, -0.2) is 14.8 Å². The van der Waals surface area contributed by atoms with Gasteiger partial charge in [-0.2, -0.15) is 0 Å². The molecule has 0 spiro atoms. The van der Waals surface area contributed by atoms with Gasteiger partial charge in [0.2, 0.25) is 0 Å². The summed E-state index contributed by atoms with van der Waals surface area (Å²) in [5.74, 6) is -1.26. The van der Waals surface area contributed by atoms with Gasteiger partial charge >= 0.3 is 6.09 Å². The Morgan fingerprint density at radius 2 is 1.52 bits per heavy atom. The molecular weight excluding hydrogens is 806 g/mol. The van der Waals surface area contributed by atoms with Gasteiger partial charge in [0.05, 0.1) is 12.7 Å². The molecular formula is C44H66ClN7O9. The van der Waals surface area contributed by atoms with E-state index in [1.807, 2.05) is 36.1 Å². The van der Waals surface area contributed by atoms with Gasteiger partial charge in [-0.3, -0.25) is 9.59 Å². The molecule has 0 radical (unpaired) electrons. The van der Waals surface area contributed by atoms with E-state index in [-0.39, 0.29) is 66.8 Å². The standard InChI is InChI=1S/C44H66ClN7O9/c1-6-7-8-11-20-51(26-34(55)37(57)38(58)35(56)27-53)21-12-15-33(54)31-18-16-29(17-19-31)24-52(43(60)61-44(3,4)5)25-30(22-32-14-10-9-13-28(32)2)23-48-42(59)36-40(46)50-41(47)39(45)49-36/h9-10,13-14,16-19,30,34-35,37-38,53,55-58H,6-8,11-12,15,20-27H2,1-5H3,(H,48,59)(H4,46,47,50)/t30-,34-,35+,37+,38+/m0/s1. The van der Waals surface area contributed by atoms with Crippen LogP contribution in [0.25, 0.3) is 0 Å². The van der Waals surface area contributed by atoms with Crippen LogP contribution in [0.1, 0.15) is 104 Å². The van der Waals surface area contributed by atoms with Crippen molar-refractivity contribution < 1.29 is 44.7 Å². The molecule has 0 aliphatic rings. The molecule has 0 aliphatic carbocycles. The van der Waals surface area contributed by atoms with Crippen molar-refractivity contribution in [1.29, 1.82) is 0 Å². The number of hydrogen-bond acceptors (Lipinski definition) is 14. The monoisotopic (exact) mass is 871 g/mol. The topological polar surface area (TPSA) is 258 Å². The number of hydrogen-bond donors (Lipinski definition) is 8. The number of carbonyl (C=O) groups excluding carboxylic acids is 3. The van der Waals surface area contributed by atoms with E-state index < -0.39 is 48.6 Å². The lowest BCUT2D eigenvalue weighted by molar-refractivity contribution is -0.119. The number of unbranched alkanes of at least 4 members (excludes halogenated alkanes) is 3. The molecule has 0 bridgehead atoms. The highest BCUT2D eigenvalue weighted by Gasteiger charge is 2.31. The van der Waals surface area contributed by atoms with Gasteiger partial charge in [-0.15, -0.1) is 0 Å². The number of halogens is 1. The molecule has 0 saturated carbocycles. The van der Waals surface area contributed by atoms with Crippen LogP contribution in [0.2, 0.25) is 5.15 Å². The summed E-state index contributed by atoms with van der Waals surface area (Å²) in [6.07, 6.45) is -1.81. The predicted molar refractivity (Wildman–Crippen MR) is 235 cm³/mol. The third-order valence-corrected chi connectivity index (χ3v) is 10.5. The zero-order valence-corrected chi connectivity index (χ0v) is 36.9. The van der Waals surface area contributed by atoms with Gasteiger partial charge in [0.15, 0.2) is 28.3 Å². The Kier molecular flexibility index (Phi) is 20.8. The van der Waals surface area contributed by atoms with Crippen molar-refractivity contribution in [3.05, 3.63) is 81.6 Å². The number of aromatic nitrogens is 2. The molecule has 2 amide bonds. The Morgan fingerprint density at radius 3 is 2.16 bits per heavy atom. The number of carbonyl (C=O) groups is 3. The fourth-order valence-corrected chi connectivity index (χ4v) is 6.87. The average Bonchev–Trinajstić information content (AvgIpc) is 3.21. The van der Waals surface area contributed by atoms with Crippen molar-refractivity contribution in [3.63, 3.8) is 0 Å². The van der Waals surface area contributed by atoms with Crippen LogP contribution in [0.5, 0.6) is 0 Å². The number of nitrogens with zero attached hydrogens (tertiary/aromatic N) is 4. The highest BCUT2D eigenvalue weighted by atomic mass is 35.5. The van der Waals surface area contributed by atoms with Crippen molar-refractivity contribution in [1.82, 2.24) is 25.1 Å². The van der Waals surface area contributed by atoms with Crippen LogP contribution in [0, 0.1) is 12.8 Å². The smallest absolute Gasteiger partial charge is 0.410 e. The molecule has 5 atom stereocenters. The number of aliphatic hydroxyl groups is 5. The van der Waals surface area contributed by atoms with Gasteiger partial charge in [-0.1, -0.05) is 86.3 Å². The largest absolute Gasteiger partial charge is 0.444 e. The lowest BCUT2D eigenvalue weighted by Gasteiger charge is -2.31. The number of nitrogen functional groups attached to an aromatic ring is 2. The Labute approximate surface area is 364 Å². The molecule has 0 aliphatic heterocycles. The minimum atomic E-state index is -1.71. The van der Waals surface area contributed by atoms with E-state index in [0.717, 1.165) is 42.4 Å². The number of nitrogens with one attached hydrogen (secondary N) is 1. The fraction of sp³-hybridized carbons (Fsp3) is 0.568. The third-order valence-electron chi connectivity index (χ3n) is 10.2. The minimum absolute atomic E-state index is 0.0124. The molecule has 338 valence electrons. The van der Waals surface area contributed by atoms with E-state index in [9.17, 15) is 34.8 Å². The molecule has 17 heteroatoms. The second-order valence-electron chi connectivity index (χ2n) is 16.6. The molecule has 0 unspecified atom stereocenters. The van der Waals surface area contributed by atoms with Crippen molar-refractivity contribution in [2.45, 2.75) is 116 Å². The molecule has 3 rings (SSSR count). The molecule has 0 saturated heterocycles. The number of aliphatic hydroxyl groups excluding tert-OH is 5. The van der Waals surface area contributed by atoms with Gasteiger partial charge in [-0.05, 0) is 82.7 Å². The van der Waals surface area contributed by atoms with Gasteiger partial charge < -0.3 is 56.9 Å². The summed E-state index contributed by atoms with van der Waals surface area (Å²) < 4.78 is 5.83. The van der Waals surface area contributed by atoms with Crippen LogP contribution >= 0.6 is 11.6 Å². The summed E-state index contributed by atoms with van der Waals surface area (Å²) in [7, 11) is 0. The maximum absolute atomic E-state index is 13.8. The second kappa shape index (κ2) is 24.9. The average molecular weight is 873 g/mol. The first-order chi connectivity index (χ1) is 28.8. The number of amides is 2. The number of aryl methyl sites for hydroxylation is 1. The first-order valence-electron chi connectivity index (χ1n) is 20.9. The lowest BCUT2D eigenvalue weighted by Crippen LogP contribution is -2.50. The Bertz CT molecular complexity index is 1850. The number of Topliss-reactive ketones (excluding diaryl/α,β-unsaturated/α-hetero) is 1. The summed E-state index contributed by atoms with van der Waals surface area (Å²) in [5.41, 5.74) is 14.0. The van der Waals surface area contributed by atoms with E-state index in [4.69, 9.17) is 32.9 Å². The van der Waals surface area contributed by atoms with E-state index in [0.29, 0.717) is 31.5 Å². The van der Waals surface area contributed by atoms with Crippen LogP contribution in [-0.4, -0.2) is 132 Å². The van der Waals surface area contributed by atoms with Crippen LogP contribution in [0.4, 0.5) is 16.4 Å². The van der Waals surface area contributed by atoms with Crippen LogP contribution in [0.15, 0.2) is 48.5 Å². The normalized spacial score (nSPS) is 14.2. The Morgan fingerprint density at radius 1 is 0.869 bits per heavy atom. The summed E-state index contributed by atoms with van der Waals surface area (Å²) in [5, 5.41) is 52.7. The quantitative estimate of drug-likeness (QED) is 0.0444. The zero-order chi connectivity index (χ0) is 45.3. The number of anilines is 2. The van der Waals surface area contributed by atoms with Crippen LogP contribution in [0.3, 0.4) is 0 Å². The van der Waals surface area contributed by atoms with Gasteiger partial charge in [0.1, 0.15) is 23.9 Å². The van der Waals surface area contributed by atoms with Crippen LogP contribution < -0.4 is 16.8 Å². The minimum Gasteiger partial charge on any atom is -0.444 e. The van der Waals surface area contributed by atoms with Crippen molar-refractivity contribution in [2.24, 2.45) is 5.92 Å². The molecule has 10 N–H and O–H groups in total. The van der Waals surface area contributed by atoms with Crippen molar-refractivity contribution in [2.75, 3.05) is 50.8 Å². The van der Waals surface area contributed by atoms with E-state index in [1.54, 1.807) is 49.9 Å². The third kappa shape index (κ3) is 17.1. The highest BCUT2D eigenvalue weighted by Crippen LogP contribution is 2.21. The molecule has 61 heavy (non-hydrogen) atoms. The molecule has 1 aromatic heterocycles. The maximum Gasteiger partial charge on any atom is 0.410 e. The van der Waals surface area contributed by atoms with E-state index in [2.05, 4.69) is 22.2 Å². The first-order valence-corrected chi connectivity index (χ1v) is 21.3. The number of benzene rings is 2. The van der Waals surface area contributed by atoms with Gasteiger partial charge in [0.25, 0.3) is 5.91 Å². The molecule has 1 heterocycles. The summed E-state index contributed by atoms with van der Waals surface area (Å²) in [6, 6.07) is 14.9. The fourth-order valence-electron chi connectivity index (χ4n) is 6.74. The van der Waals surface area contributed by atoms with Crippen molar-refractivity contribution >= 4 is 41.0 Å². The second-order valence-corrected chi connectivity index (χ2v) is 16.9. The van der Waals surface area contributed by atoms with Crippen molar-refractivity contribution in [3.8, 4) is 0 Å². The predicted octanol–water partition coefficient (Wildman–Crippen LogP) is 3.91. The number of nitrogens with two attached hydrogens (primary N) is 2. The Balaban J connectivity index is 1.74. The lowest BCUT2D eigenvalue weighted by atomic mass is 9.95. The van der Waals surface area contributed by atoms with Crippen LogP contribution in [-0.2, 0) is 17.7 Å². The maximum atomic E-state index is 13.8. The SMILES string of the molecule is CCCCCCN(CCCC(=O)c1ccc(CN(C[C@H](CNC(=O)c2nc(Cl)c(N)nc2N)Cc2ccccc2C)C(=O)OC(C)(C)C)cc1)C[C@H](O)[C@@H](O)[C@H](O)[C@H](O)CO.